The molecule has 1 aliphatic rings. The molecule has 4 nitrogen and oxygen atoms in total. The maximum atomic E-state index is 12.6. The lowest BCUT2D eigenvalue weighted by Gasteiger charge is -2.35. The minimum atomic E-state index is -3.46. The standard InChI is InChI=1S/C16H16Cl2N2O2S/c17-13-1-5-15(6-2-13)19-9-11-20(12-10-19)23(21,22)16-7-3-14(18)4-8-16/h1-8H,9-12H2. The summed E-state index contributed by atoms with van der Waals surface area (Å²) in [6, 6.07) is 13.9. The Morgan fingerprint density at radius 1 is 0.739 bits per heavy atom. The van der Waals surface area contributed by atoms with Gasteiger partial charge in [-0.3, -0.25) is 0 Å². The Balaban J connectivity index is 1.70. The van der Waals surface area contributed by atoms with E-state index in [1.54, 1.807) is 24.3 Å². The summed E-state index contributed by atoms with van der Waals surface area (Å²) in [7, 11) is -3.46. The zero-order valence-electron chi connectivity index (χ0n) is 12.3. The van der Waals surface area contributed by atoms with E-state index in [0.29, 0.717) is 36.2 Å². The first-order chi connectivity index (χ1) is 11.0. The zero-order chi connectivity index (χ0) is 16.4. The molecule has 3 rings (SSSR count). The Morgan fingerprint density at radius 3 is 1.74 bits per heavy atom. The summed E-state index contributed by atoms with van der Waals surface area (Å²) in [6.45, 7) is 2.20. The third-order valence-electron chi connectivity index (χ3n) is 3.88. The average Bonchev–Trinajstić information content (AvgIpc) is 2.56. The van der Waals surface area contributed by atoms with E-state index in [2.05, 4.69) is 4.90 Å². The van der Waals surface area contributed by atoms with E-state index >= 15 is 0 Å². The number of halogens is 2. The molecule has 2 aromatic rings. The highest BCUT2D eigenvalue weighted by atomic mass is 35.5. The lowest BCUT2D eigenvalue weighted by Crippen LogP contribution is -2.48. The van der Waals surface area contributed by atoms with Gasteiger partial charge in [-0.2, -0.15) is 4.31 Å². The first kappa shape index (κ1) is 16.6. The van der Waals surface area contributed by atoms with Gasteiger partial charge in [0.15, 0.2) is 0 Å². The molecule has 0 bridgehead atoms. The number of rotatable bonds is 3. The lowest BCUT2D eigenvalue weighted by atomic mass is 10.2. The van der Waals surface area contributed by atoms with Crippen LogP contribution in [0.3, 0.4) is 0 Å². The molecular formula is C16H16Cl2N2O2S. The summed E-state index contributed by atoms with van der Waals surface area (Å²) in [5.74, 6) is 0. The summed E-state index contributed by atoms with van der Waals surface area (Å²) >= 11 is 11.7. The van der Waals surface area contributed by atoms with Crippen molar-refractivity contribution in [1.29, 1.82) is 0 Å². The van der Waals surface area contributed by atoms with Gasteiger partial charge >= 0.3 is 0 Å². The maximum absolute atomic E-state index is 12.6. The quantitative estimate of drug-likeness (QED) is 0.829. The van der Waals surface area contributed by atoms with Gasteiger partial charge in [-0.25, -0.2) is 8.42 Å². The third-order valence-corrected chi connectivity index (χ3v) is 6.30. The van der Waals surface area contributed by atoms with Crippen LogP contribution in [-0.2, 0) is 10.0 Å². The summed E-state index contributed by atoms with van der Waals surface area (Å²) in [5.41, 5.74) is 1.05. The smallest absolute Gasteiger partial charge is 0.243 e. The third kappa shape index (κ3) is 3.63. The van der Waals surface area contributed by atoms with Crippen molar-refractivity contribution in [2.45, 2.75) is 4.90 Å². The Morgan fingerprint density at radius 2 is 1.22 bits per heavy atom. The van der Waals surface area contributed by atoms with E-state index in [4.69, 9.17) is 23.2 Å². The predicted octanol–water partition coefficient (Wildman–Crippen LogP) is 3.50. The minimum Gasteiger partial charge on any atom is -0.369 e. The Kier molecular flexibility index (Phi) is 4.82. The number of hydrogen-bond acceptors (Lipinski definition) is 3. The second kappa shape index (κ2) is 6.69. The SMILES string of the molecule is O=S(=O)(c1ccc(Cl)cc1)N1CCN(c2ccc(Cl)cc2)CC1. The molecule has 122 valence electrons. The van der Waals surface area contributed by atoms with Crippen molar-refractivity contribution in [3.8, 4) is 0 Å². The largest absolute Gasteiger partial charge is 0.369 e. The Bertz CT molecular complexity index is 769. The van der Waals surface area contributed by atoms with Crippen LogP contribution in [-0.4, -0.2) is 38.9 Å². The topological polar surface area (TPSA) is 40.6 Å². The summed E-state index contributed by atoms with van der Waals surface area (Å²) < 4.78 is 26.8. The molecule has 0 saturated carbocycles. The normalized spacial score (nSPS) is 16.5. The molecule has 0 unspecified atom stereocenters. The highest BCUT2D eigenvalue weighted by Gasteiger charge is 2.28. The molecule has 0 amide bonds. The summed E-state index contributed by atoms with van der Waals surface area (Å²) in [4.78, 5) is 2.44. The molecular weight excluding hydrogens is 355 g/mol. The van der Waals surface area contributed by atoms with Crippen molar-refractivity contribution in [2.75, 3.05) is 31.1 Å². The Labute approximate surface area is 146 Å². The van der Waals surface area contributed by atoms with E-state index in [1.807, 2.05) is 24.3 Å². The zero-order valence-corrected chi connectivity index (χ0v) is 14.7. The van der Waals surface area contributed by atoms with Gasteiger partial charge in [0.25, 0.3) is 0 Å². The number of sulfonamides is 1. The molecule has 1 saturated heterocycles. The van der Waals surface area contributed by atoms with Crippen molar-refractivity contribution in [3.05, 3.63) is 58.6 Å². The fraction of sp³-hybridized carbons (Fsp3) is 0.250. The van der Waals surface area contributed by atoms with Crippen molar-refractivity contribution >= 4 is 38.9 Å². The van der Waals surface area contributed by atoms with Gasteiger partial charge in [0.2, 0.25) is 10.0 Å². The monoisotopic (exact) mass is 370 g/mol. The second-order valence-corrected chi connectivity index (χ2v) is 8.13. The van der Waals surface area contributed by atoms with Gasteiger partial charge in [0, 0.05) is 41.9 Å². The van der Waals surface area contributed by atoms with E-state index in [0.717, 1.165) is 5.69 Å². The molecule has 0 N–H and O–H groups in total. The first-order valence-electron chi connectivity index (χ1n) is 7.23. The molecule has 0 radical (unpaired) electrons. The number of hydrogen-bond donors (Lipinski definition) is 0. The lowest BCUT2D eigenvalue weighted by molar-refractivity contribution is 0.385. The molecule has 7 heteroatoms. The average molecular weight is 371 g/mol. The van der Waals surface area contributed by atoms with Gasteiger partial charge in [-0.1, -0.05) is 23.2 Å². The van der Waals surface area contributed by atoms with Crippen LogP contribution >= 0.6 is 23.2 Å². The Hall–Kier alpha value is -1.27. The van der Waals surface area contributed by atoms with Crippen LogP contribution in [0, 0.1) is 0 Å². The van der Waals surface area contributed by atoms with Crippen LogP contribution in [0.2, 0.25) is 10.0 Å². The van der Waals surface area contributed by atoms with Gasteiger partial charge < -0.3 is 4.90 Å². The molecule has 0 aliphatic carbocycles. The number of anilines is 1. The van der Waals surface area contributed by atoms with Crippen LogP contribution in [0.5, 0.6) is 0 Å². The van der Waals surface area contributed by atoms with Gasteiger partial charge in [-0.15, -0.1) is 0 Å². The van der Waals surface area contributed by atoms with Crippen LogP contribution in [0.4, 0.5) is 5.69 Å². The number of piperazine rings is 1. The van der Waals surface area contributed by atoms with Crippen LogP contribution < -0.4 is 4.90 Å². The number of nitrogens with zero attached hydrogens (tertiary/aromatic N) is 2. The molecule has 2 aromatic carbocycles. The predicted molar refractivity (Wildman–Crippen MR) is 93.9 cm³/mol. The van der Waals surface area contributed by atoms with Crippen molar-refractivity contribution < 1.29 is 8.42 Å². The van der Waals surface area contributed by atoms with Crippen molar-refractivity contribution in [1.82, 2.24) is 4.31 Å². The highest BCUT2D eigenvalue weighted by Crippen LogP contribution is 2.23. The molecule has 0 spiro atoms. The first-order valence-corrected chi connectivity index (χ1v) is 9.43. The number of benzene rings is 2. The van der Waals surface area contributed by atoms with E-state index in [1.165, 1.54) is 4.31 Å². The maximum Gasteiger partial charge on any atom is 0.243 e. The van der Waals surface area contributed by atoms with Crippen LogP contribution in [0.15, 0.2) is 53.4 Å². The molecule has 0 atom stereocenters. The van der Waals surface area contributed by atoms with Crippen molar-refractivity contribution in [2.24, 2.45) is 0 Å². The molecule has 1 aliphatic heterocycles. The molecule has 23 heavy (non-hydrogen) atoms. The molecule has 1 heterocycles. The van der Waals surface area contributed by atoms with Crippen LogP contribution in [0.25, 0.3) is 0 Å². The summed E-state index contributed by atoms with van der Waals surface area (Å²) in [6.07, 6.45) is 0. The fourth-order valence-electron chi connectivity index (χ4n) is 2.59. The second-order valence-electron chi connectivity index (χ2n) is 5.32. The van der Waals surface area contributed by atoms with Crippen molar-refractivity contribution in [3.63, 3.8) is 0 Å². The highest BCUT2D eigenvalue weighted by molar-refractivity contribution is 7.89. The molecule has 0 aromatic heterocycles. The van der Waals surface area contributed by atoms with Gasteiger partial charge in [-0.05, 0) is 48.5 Å². The summed E-state index contributed by atoms with van der Waals surface area (Å²) in [5, 5.41) is 1.22. The minimum absolute atomic E-state index is 0.279. The van der Waals surface area contributed by atoms with Gasteiger partial charge in [0.1, 0.15) is 0 Å². The van der Waals surface area contributed by atoms with E-state index < -0.39 is 10.0 Å². The van der Waals surface area contributed by atoms with E-state index in [9.17, 15) is 8.42 Å². The van der Waals surface area contributed by atoms with E-state index in [-0.39, 0.29) is 4.90 Å². The van der Waals surface area contributed by atoms with Crippen LogP contribution in [0.1, 0.15) is 0 Å². The molecule has 1 fully saturated rings. The fourth-order valence-corrected chi connectivity index (χ4v) is 4.27. The van der Waals surface area contributed by atoms with Gasteiger partial charge in [0.05, 0.1) is 4.90 Å².